The van der Waals surface area contributed by atoms with E-state index in [-0.39, 0.29) is 17.5 Å². The van der Waals surface area contributed by atoms with Gasteiger partial charge < -0.3 is 14.1 Å². The van der Waals surface area contributed by atoms with Gasteiger partial charge in [-0.05, 0) is 49.2 Å². The standard InChI is InChI=1S/C20H18FN3O3S/c1-13(26-16-8-6-15(21)7-9-16)19-22-23-20(27-19)28-12-18(25)24-11-10-14-4-2-3-5-17(14)24/h2-9,13H,10-12H2,1H3/t13-/m0/s1. The average Bonchev–Trinajstić information content (AvgIpc) is 3.35. The van der Waals surface area contributed by atoms with Gasteiger partial charge >= 0.3 is 0 Å². The summed E-state index contributed by atoms with van der Waals surface area (Å²) in [5, 5.41) is 8.26. The van der Waals surface area contributed by atoms with Crippen LogP contribution < -0.4 is 9.64 Å². The predicted octanol–water partition coefficient (Wildman–Crippen LogP) is 4.03. The fourth-order valence-electron chi connectivity index (χ4n) is 3.01. The molecule has 0 bridgehead atoms. The number of carbonyl (C=O) groups excluding carboxylic acids is 1. The van der Waals surface area contributed by atoms with Crippen molar-refractivity contribution in [1.29, 1.82) is 0 Å². The Kier molecular flexibility index (Phi) is 5.29. The van der Waals surface area contributed by atoms with Crippen LogP contribution in [0.2, 0.25) is 0 Å². The van der Waals surface area contributed by atoms with Crippen molar-refractivity contribution in [1.82, 2.24) is 10.2 Å². The molecular weight excluding hydrogens is 381 g/mol. The van der Waals surface area contributed by atoms with Crippen molar-refractivity contribution in [3.05, 3.63) is 65.8 Å². The molecule has 0 saturated heterocycles. The number of para-hydroxylation sites is 1. The first-order chi connectivity index (χ1) is 13.6. The number of aromatic nitrogens is 2. The lowest BCUT2D eigenvalue weighted by molar-refractivity contribution is -0.116. The Labute approximate surface area is 165 Å². The molecular formula is C20H18FN3O3S. The Morgan fingerprint density at radius 3 is 2.86 bits per heavy atom. The molecule has 2 aromatic carbocycles. The molecule has 0 fully saturated rings. The third-order valence-electron chi connectivity index (χ3n) is 4.40. The lowest BCUT2D eigenvalue weighted by Crippen LogP contribution is -2.30. The maximum atomic E-state index is 13.0. The van der Waals surface area contributed by atoms with Crippen LogP contribution in [-0.4, -0.2) is 28.4 Å². The van der Waals surface area contributed by atoms with Gasteiger partial charge in [0.2, 0.25) is 5.91 Å². The molecule has 1 aliphatic rings. The van der Waals surface area contributed by atoms with Gasteiger partial charge in [0, 0.05) is 12.2 Å². The Hall–Kier alpha value is -2.87. The monoisotopic (exact) mass is 399 g/mol. The predicted molar refractivity (Wildman–Crippen MR) is 103 cm³/mol. The second kappa shape index (κ2) is 8.02. The van der Waals surface area contributed by atoms with Crippen molar-refractivity contribution in [2.75, 3.05) is 17.2 Å². The minimum atomic E-state index is -0.492. The van der Waals surface area contributed by atoms with E-state index in [4.69, 9.17) is 9.15 Å². The van der Waals surface area contributed by atoms with Gasteiger partial charge in [0.15, 0.2) is 6.10 Å². The summed E-state index contributed by atoms with van der Waals surface area (Å²) >= 11 is 1.20. The minimum Gasteiger partial charge on any atom is -0.481 e. The molecule has 2 heterocycles. The first-order valence-corrected chi connectivity index (χ1v) is 9.85. The third-order valence-corrected chi connectivity index (χ3v) is 5.21. The lowest BCUT2D eigenvalue weighted by Gasteiger charge is -2.16. The Morgan fingerprint density at radius 1 is 1.25 bits per heavy atom. The first kappa shape index (κ1) is 18.5. The SMILES string of the molecule is C[C@H](Oc1ccc(F)cc1)c1nnc(SCC(=O)N2CCc3ccccc32)o1. The van der Waals surface area contributed by atoms with E-state index in [1.54, 1.807) is 11.8 Å². The van der Waals surface area contributed by atoms with E-state index in [1.165, 1.54) is 41.6 Å². The number of hydrogen-bond donors (Lipinski definition) is 0. The molecule has 1 aromatic heterocycles. The quantitative estimate of drug-likeness (QED) is 0.583. The molecule has 1 amide bonds. The van der Waals surface area contributed by atoms with Crippen LogP contribution in [0.25, 0.3) is 0 Å². The number of anilines is 1. The highest BCUT2D eigenvalue weighted by atomic mass is 32.2. The molecule has 4 rings (SSSR count). The molecule has 1 atom stereocenters. The van der Waals surface area contributed by atoms with Gasteiger partial charge in [0.1, 0.15) is 11.6 Å². The van der Waals surface area contributed by atoms with E-state index in [9.17, 15) is 9.18 Å². The van der Waals surface area contributed by atoms with Crippen molar-refractivity contribution >= 4 is 23.4 Å². The van der Waals surface area contributed by atoms with Gasteiger partial charge in [0.05, 0.1) is 5.75 Å². The fourth-order valence-corrected chi connectivity index (χ4v) is 3.66. The summed E-state index contributed by atoms with van der Waals surface area (Å²) in [4.78, 5) is 14.3. The Bertz CT molecular complexity index is 977. The number of rotatable bonds is 6. The zero-order valence-electron chi connectivity index (χ0n) is 15.2. The Morgan fingerprint density at radius 2 is 2.04 bits per heavy atom. The van der Waals surface area contributed by atoms with E-state index in [0.29, 0.717) is 23.4 Å². The third kappa shape index (κ3) is 4.01. The number of hydrogen-bond acceptors (Lipinski definition) is 6. The molecule has 8 heteroatoms. The lowest BCUT2D eigenvalue weighted by atomic mass is 10.2. The maximum Gasteiger partial charge on any atom is 0.277 e. The summed E-state index contributed by atoms with van der Waals surface area (Å²) in [6, 6.07) is 13.6. The van der Waals surface area contributed by atoms with Crippen molar-refractivity contribution in [3.8, 4) is 5.75 Å². The van der Waals surface area contributed by atoms with E-state index >= 15 is 0 Å². The number of carbonyl (C=O) groups is 1. The topological polar surface area (TPSA) is 68.5 Å². The van der Waals surface area contributed by atoms with Crippen LogP contribution in [0.3, 0.4) is 0 Å². The van der Waals surface area contributed by atoms with Crippen molar-refractivity contribution in [2.45, 2.75) is 24.7 Å². The van der Waals surface area contributed by atoms with Crippen LogP contribution in [0.5, 0.6) is 5.75 Å². The largest absolute Gasteiger partial charge is 0.481 e. The fraction of sp³-hybridized carbons (Fsp3) is 0.250. The first-order valence-electron chi connectivity index (χ1n) is 8.87. The van der Waals surface area contributed by atoms with Crippen molar-refractivity contribution < 1.29 is 18.3 Å². The van der Waals surface area contributed by atoms with Crippen LogP contribution >= 0.6 is 11.8 Å². The zero-order valence-corrected chi connectivity index (χ0v) is 16.0. The summed E-state index contributed by atoms with van der Waals surface area (Å²) in [6.07, 6.45) is 0.378. The molecule has 0 radical (unpaired) electrons. The molecule has 0 spiro atoms. The van der Waals surface area contributed by atoms with Crippen LogP contribution in [0.15, 0.2) is 58.2 Å². The highest BCUT2D eigenvalue weighted by molar-refractivity contribution is 7.99. The summed E-state index contributed by atoms with van der Waals surface area (Å²) < 4.78 is 24.2. The van der Waals surface area contributed by atoms with Gasteiger partial charge in [-0.2, -0.15) is 0 Å². The van der Waals surface area contributed by atoms with Gasteiger partial charge in [-0.1, -0.05) is 30.0 Å². The highest BCUT2D eigenvalue weighted by Crippen LogP contribution is 2.29. The molecule has 0 saturated carbocycles. The van der Waals surface area contributed by atoms with Crippen LogP contribution in [0.1, 0.15) is 24.5 Å². The van der Waals surface area contributed by atoms with Crippen molar-refractivity contribution in [3.63, 3.8) is 0 Å². The summed E-state index contributed by atoms with van der Waals surface area (Å²) in [7, 11) is 0. The van der Waals surface area contributed by atoms with Crippen LogP contribution in [0.4, 0.5) is 10.1 Å². The molecule has 28 heavy (non-hydrogen) atoms. The number of ether oxygens (including phenoxy) is 1. The van der Waals surface area contributed by atoms with E-state index in [0.717, 1.165) is 12.1 Å². The summed E-state index contributed by atoms with van der Waals surface area (Å²) in [5.74, 6) is 0.686. The molecule has 6 nitrogen and oxygen atoms in total. The second-order valence-corrected chi connectivity index (χ2v) is 7.26. The highest BCUT2D eigenvalue weighted by Gasteiger charge is 2.25. The van der Waals surface area contributed by atoms with E-state index in [1.807, 2.05) is 24.3 Å². The second-order valence-electron chi connectivity index (χ2n) is 6.33. The van der Waals surface area contributed by atoms with Gasteiger partial charge in [-0.25, -0.2) is 4.39 Å². The minimum absolute atomic E-state index is 0.00492. The number of fused-ring (bicyclic) bond motifs is 1. The average molecular weight is 399 g/mol. The molecule has 0 unspecified atom stereocenters. The number of thioether (sulfide) groups is 1. The number of nitrogens with zero attached hydrogens (tertiary/aromatic N) is 3. The van der Waals surface area contributed by atoms with E-state index < -0.39 is 6.10 Å². The van der Waals surface area contributed by atoms with Crippen molar-refractivity contribution in [2.24, 2.45) is 0 Å². The van der Waals surface area contributed by atoms with Gasteiger partial charge in [0.25, 0.3) is 11.1 Å². The van der Waals surface area contributed by atoms with E-state index in [2.05, 4.69) is 10.2 Å². The summed E-state index contributed by atoms with van der Waals surface area (Å²) in [6.45, 7) is 2.45. The van der Waals surface area contributed by atoms with Crippen LogP contribution in [0, 0.1) is 5.82 Å². The molecule has 3 aromatic rings. The molecule has 0 N–H and O–H groups in total. The van der Waals surface area contributed by atoms with Gasteiger partial charge in [-0.3, -0.25) is 4.79 Å². The normalized spacial score (nSPS) is 14.0. The molecule has 1 aliphatic heterocycles. The molecule has 144 valence electrons. The zero-order chi connectivity index (χ0) is 19.5. The number of benzene rings is 2. The smallest absolute Gasteiger partial charge is 0.277 e. The summed E-state index contributed by atoms with van der Waals surface area (Å²) in [5.41, 5.74) is 2.16. The maximum absolute atomic E-state index is 13.0. The number of halogens is 1. The Balaban J connectivity index is 1.33. The van der Waals surface area contributed by atoms with Gasteiger partial charge in [-0.15, -0.1) is 10.2 Å². The molecule has 0 aliphatic carbocycles. The van der Waals surface area contributed by atoms with Crippen LogP contribution in [-0.2, 0) is 11.2 Å². The number of amides is 1.